The quantitative estimate of drug-likeness (QED) is 0.787. The summed E-state index contributed by atoms with van der Waals surface area (Å²) in [6.07, 6.45) is 1.16. The summed E-state index contributed by atoms with van der Waals surface area (Å²) in [7, 11) is 1.85. The van der Waals surface area contributed by atoms with Crippen molar-refractivity contribution < 1.29 is 14.7 Å². The number of nitrogens with zero attached hydrogens (tertiary/aromatic N) is 2. The van der Waals surface area contributed by atoms with Crippen LogP contribution in [0, 0.1) is 0 Å². The van der Waals surface area contributed by atoms with Gasteiger partial charge in [0.1, 0.15) is 0 Å². The number of anilines is 1. The molecule has 0 radical (unpaired) electrons. The van der Waals surface area contributed by atoms with E-state index in [1.807, 2.05) is 60.5 Å². The first-order chi connectivity index (χ1) is 14.0. The average Bonchev–Trinajstić information content (AvgIpc) is 3.30. The first-order valence-electron chi connectivity index (χ1n) is 10.1. The molecule has 0 aromatic heterocycles. The van der Waals surface area contributed by atoms with Crippen molar-refractivity contribution in [3.63, 3.8) is 0 Å². The molecule has 0 bridgehead atoms. The van der Waals surface area contributed by atoms with Gasteiger partial charge in [-0.3, -0.25) is 14.5 Å². The van der Waals surface area contributed by atoms with Crippen molar-refractivity contribution in [3.05, 3.63) is 65.2 Å². The van der Waals surface area contributed by atoms with E-state index in [0.717, 1.165) is 35.3 Å². The van der Waals surface area contributed by atoms with Gasteiger partial charge in [-0.05, 0) is 29.2 Å². The van der Waals surface area contributed by atoms with Crippen LogP contribution in [0.5, 0.6) is 0 Å². The van der Waals surface area contributed by atoms with Gasteiger partial charge in [0.15, 0.2) is 0 Å². The molecule has 2 heterocycles. The zero-order chi connectivity index (χ0) is 20.4. The molecule has 29 heavy (non-hydrogen) atoms. The fourth-order valence-electron chi connectivity index (χ4n) is 4.22. The average molecular weight is 393 g/mol. The highest BCUT2D eigenvalue weighted by Crippen LogP contribution is 2.26. The highest BCUT2D eigenvalue weighted by atomic mass is 16.3. The molecule has 0 unspecified atom stereocenters. The number of β-amino-alcohol motifs (C(OH)–C–C–N with tert-alkyl or cyclic N) is 1. The second-order valence-electron chi connectivity index (χ2n) is 8.03. The van der Waals surface area contributed by atoms with Crippen molar-refractivity contribution >= 4 is 17.5 Å². The van der Waals surface area contributed by atoms with Gasteiger partial charge in [0.25, 0.3) is 0 Å². The molecule has 2 aromatic rings. The number of hydrogen-bond donors (Lipinski definition) is 2. The van der Waals surface area contributed by atoms with Crippen molar-refractivity contribution in [2.75, 3.05) is 32.0 Å². The standard InChI is InChI=1S/C23H27N3O3/c1-25(23(29)12-16-7-8-20-18(11-16)13-22(28)24-20)21(17-5-3-2-4-6-17)15-26-10-9-19(27)14-26/h2-8,11,19,21,27H,9-10,12-15H2,1H3,(H,24,28)/t19-,21+/m0/s1. The molecule has 2 aliphatic heterocycles. The van der Waals surface area contributed by atoms with E-state index in [1.165, 1.54) is 0 Å². The number of fused-ring (bicyclic) bond motifs is 1. The molecule has 2 amide bonds. The van der Waals surface area contributed by atoms with E-state index in [4.69, 9.17) is 0 Å². The highest BCUT2D eigenvalue weighted by molar-refractivity contribution is 5.99. The van der Waals surface area contributed by atoms with Crippen molar-refractivity contribution in [2.45, 2.75) is 31.4 Å². The maximum Gasteiger partial charge on any atom is 0.228 e. The summed E-state index contributed by atoms with van der Waals surface area (Å²) in [4.78, 5) is 28.7. The zero-order valence-electron chi connectivity index (χ0n) is 16.7. The maximum atomic E-state index is 13.1. The Morgan fingerprint density at radius 1 is 1.28 bits per heavy atom. The van der Waals surface area contributed by atoms with Gasteiger partial charge in [-0.15, -0.1) is 0 Å². The van der Waals surface area contributed by atoms with Crippen LogP contribution in [0.2, 0.25) is 0 Å². The molecule has 6 heteroatoms. The molecular formula is C23H27N3O3. The minimum atomic E-state index is -0.282. The van der Waals surface area contributed by atoms with E-state index in [9.17, 15) is 14.7 Å². The van der Waals surface area contributed by atoms with Crippen LogP contribution in [0.25, 0.3) is 0 Å². The Morgan fingerprint density at radius 2 is 2.07 bits per heavy atom. The molecule has 0 spiro atoms. The van der Waals surface area contributed by atoms with E-state index >= 15 is 0 Å². The van der Waals surface area contributed by atoms with Crippen molar-refractivity contribution in [1.82, 2.24) is 9.80 Å². The number of likely N-dealkylation sites (N-methyl/N-ethyl adjacent to an activating group) is 1. The number of nitrogens with one attached hydrogen (secondary N) is 1. The smallest absolute Gasteiger partial charge is 0.228 e. The number of carbonyl (C=O) groups excluding carboxylic acids is 2. The largest absolute Gasteiger partial charge is 0.392 e. The molecule has 1 fully saturated rings. The summed E-state index contributed by atoms with van der Waals surface area (Å²) in [6.45, 7) is 2.20. The lowest BCUT2D eigenvalue weighted by Gasteiger charge is -2.32. The first-order valence-corrected chi connectivity index (χ1v) is 10.1. The van der Waals surface area contributed by atoms with Crippen molar-refractivity contribution in [3.8, 4) is 0 Å². The summed E-state index contributed by atoms with van der Waals surface area (Å²) >= 11 is 0. The van der Waals surface area contributed by atoms with Gasteiger partial charge in [-0.2, -0.15) is 0 Å². The van der Waals surface area contributed by atoms with Crippen LogP contribution in [-0.4, -0.2) is 59.5 Å². The number of rotatable bonds is 6. The SMILES string of the molecule is CN(C(=O)Cc1ccc2c(c1)CC(=O)N2)[C@H](CN1CC[C@H](O)C1)c1ccccc1. The van der Waals surface area contributed by atoms with Gasteiger partial charge in [-0.1, -0.05) is 42.5 Å². The monoisotopic (exact) mass is 393 g/mol. The minimum absolute atomic E-state index is 0.00228. The molecule has 0 saturated carbocycles. The van der Waals surface area contributed by atoms with Gasteiger partial charge in [0, 0.05) is 32.4 Å². The van der Waals surface area contributed by atoms with E-state index in [1.54, 1.807) is 0 Å². The number of carbonyl (C=O) groups is 2. The second kappa shape index (κ2) is 8.35. The fourth-order valence-corrected chi connectivity index (χ4v) is 4.22. The van der Waals surface area contributed by atoms with E-state index in [2.05, 4.69) is 10.2 Å². The molecule has 152 valence electrons. The van der Waals surface area contributed by atoms with E-state index < -0.39 is 0 Å². The third-order valence-electron chi connectivity index (χ3n) is 5.87. The van der Waals surface area contributed by atoms with Gasteiger partial charge >= 0.3 is 0 Å². The third kappa shape index (κ3) is 4.49. The van der Waals surface area contributed by atoms with E-state index in [-0.39, 0.29) is 24.0 Å². The normalized spacial score (nSPS) is 19.7. The van der Waals surface area contributed by atoms with Crippen LogP contribution in [0.15, 0.2) is 48.5 Å². The molecule has 0 aliphatic carbocycles. The summed E-state index contributed by atoms with van der Waals surface area (Å²) in [5, 5.41) is 12.7. The number of amides is 2. The Kier molecular flexibility index (Phi) is 5.65. The third-order valence-corrected chi connectivity index (χ3v) is 5.87. The molecule has 6 nitrogen and oxygen atoms in total. The maximum absolute atomic E-state index is 13.1. The molecule has 2 atom stereocenters. The van der Waals surface area contributed by atoms with Gasteiger partial charge in [0.2, 0.25) is 11.8 Å². The Morgan fingerprint density at radius 3 is 2.79 bits per heavy atom. The molecular weight excluding hydrogens is 366 g/mol. The molecule has 4 rings (SSSR count). The molecule has 2 aliphatic rings. The zero-order valence-corrected chi connectivity index (χ0v) is 16.7. The predicted octanol–water partition coefficient (Wildman–Crippen LogP) is 1.99. The predicted molar refractivity (Wildman–Crippen MR) is 111 cm³/mol. The van der Waals surface area contributed by atoms with Crippen LogP contribution < -0.4 is 5.32 Å². The molecule has 2 N–H and O–H groups in total. The Hall–Kier alpha value is -2.70. The lowest BCUT2D eigenvalue weighted by atomic mass is 10.0. The topological polar surface area (TPSA) is 72.9 Å². The first kappa shape index (κ1) is 19.6. The van der Waals surface area contributed by atoms with Crippen molar-refractivity contribution in [1.29, 1.82) is 0 Å². The highest BCUT2D eigenvalue weighted by Gasteiger charge is 2.28. The Labute approximate surface area is 171 Å². The van der Waals surface area contributed by atoms with Crippen LogP contribution in [-0.2, 0) is 22.4 Å². The van der Waals surface area contributed by atoms with Gasteiger partial charge in [0.05, 0.1) is 25.0 Å². The summed E-state index contributed by atoms with van der Waals surface area (Å²) in [5.74, 6) is 0.0355. The number of aliphatic hydroxyl groups excluding tert-OH is 1. The number of benzene rings is 2. The molecule has 1 saturated heterocycles. The van der Waals surface area contributed by atoms with Crippen LogP contribution in [0.3, 0.4) is 0 Å². The van der Waals surface area contributed by atoms with Crippen LogP contribution in [0.4, 0.5) is 5.69 Å². The van der Waals surface area contributed by atoms with Crippen LogP contribution >= 0.6 is 0 Å². The number of hydrogen-bond acceptors (Lipinski definition) is 4. The number of likely N-dealkylation sites (tertiary alicyclic amines) is 1. The van der Waals surface area contributed by atoms with E-state index in [0.29, 0.717) is 25.9 Å². The molecule has 2 aromatic carbocycles. The van der Waals surface area contributed by atoms with Crippen LogP contribution in [0.1, 0.15) is 29.2 Å². The van der Waals surface area contributed by atoms with Gasteiger partial charge in [-0.25, -0.2) is 0 Å². The second-order valence-corrected chi connectivity index (χ2v) is 8.03. The Bertz CT molecular complexity index is 899. The summed E-state index contributed by atoms with van der Waals surface area (Å²) < 4.78 is 0. The Balaban J connectivity index is 1.49. The lowest BCUT2D eigenvalue weighted by molar-refractivity contribution is -0.131. The summed E-state index contributed by atoms with van der Waals surface area (Å²) in [5.41, 5.74) is 3.80. The summed E-state index contributed by atoms with van der Waals surface area (Å²) in [6, 6.07) is 15.7. The minimum Gasteiger partial charge on any atom is -0.392 e. The number of aliphatic hydroxyl groups is 1. The van der Waals surface area contributed by atoms with Gasteiger partial charge < -0.3 is 15.3 Å². The lowest BCUT2D eigenvalue weighted by Crippen LogP contribution is -2.39. The fraction of sp³-hybridized carbons (Fsp3) is 0.391. The van der Waals surface area contributed by atoms with Crippen molar-refractivity contribution in [2.24, 2.45) is 0 Å².